The Labute approximate surface area is 126 Å². The Kier molecular flexibility index (Phi) is 3.31. The van der Waals surface area contributed by atoms with E-state index in [1.165, 1.54) is 9.13 Å². The lowest BCUT2D eigenvalue weighted by atomic mass is 9.98. The minimum absolute atomic E-state index is 0.118. The van der Waals surface area contributed by atoms with E-state index in [1.807, 2.05) is 41.3 Å². The van der Waals surface area contributed by atoms with Crippen molar-refractivity contribution in [3.63, 3.8) is 0 Å². The predicted molar refractivity (Wildman–Crippen MR) is 85.7 cm³/mol. The lowest BCUT2D eigenvalue weighted by molar-refractivity contribution is 0.0980. The van der Waals surface area contributed by atoms with E-state index in [2.05, 4.69) is 35.6 Å². The van der Waals surface area contributed by atoms with Crippen LogP contribution in [0.1, 0.15) is 21.5 Å². The summed E-state index contributed by atoms with van der Waals surface area (Å²) in [5, 5.41) is 0. The van der Waals surface area contributed by atoms with Crippen LogP contribution in [0.5, 0.6) is 0 Å². The number of hydrogen-bond acceptors (Lipinski definition) is 1. The number of benzene rings is 2. The van der Waals surface area contributed by atoms with E-state index < -0.39 is 0 Å². The van der Waals surface area contributed by atoms with Crippen LogP contribution in [0, 0.1) is 10.5 Å². The molecule has 0 aromatic heterocycles. The minimum atomic E-state index is 0.118. The Morgan fingerprint density at radius 2 is 1.89 bits per heavy atom. The Balaban J connectivity index is 2.05. The van der Waals surface area contributed by atoms with Crippen molar-refractivity contribution in [2.75, 3.05) is 11.4 Å². The fourth-order valence-electron chi connectivity index (χ4n) is 2.54. The summed E-state index contributed by atoms with van der Waals surface area (Å²) in [7, 11) is 0. The van der Waals surface area contributed by atoms with Gasteiger partial charge in [0.1, 0.15) is 0 Å². The van der Waals surface area contributed by atoms with Gasteiger partial charge in [0.2, 0.25) is 0 Å². The number of fused-ring (bicyclic) bond motifs is 1. The van der Waals surface area contributed by atoms with Gasteiger partial charge >= 0.3 is 0 Å². The molecule has 0 spiro atoms. The number of anilines is 1. The minimum Gasteiger partial charge on any atom is -0.308 e. The molecule has 0 saturated carbocycles. The van der Waals surface area contributed by atoms with Crippen molar-refractivity contribution >= 4 is 34.2 Å². The highest BCUT2D eigenvalue weighted by atomic mass is 127. The summed E-state index contributed by atoms with van der Waals surface area (Å²) < 4.78 is 1.20. The van der Waals surface area contributed by atoms with E-state index in [0.717, 1.165) is 29.8 Å². The number of halogens is 1. The summed E-state index contributed by atoms with van der Waals surface area (Å²) in [5.74, 6) is 0.118. The summed E-state index contributed by atoms with van der Waals surface area (Å²) in [4.78, 5) is 14.5. The van der Waals surface area contributed by atoms with Crippen molar-refractivity contribution in [2.24, 2.45) is 0 Å². The van der Waals surface area contributed by atoms with Crippen LogP contribution in [-0.2, 0) is 6.42 Å². The molecule has 96 valence electrons. The third kappa shape index (κ3) is 2.16. The average molecular weight is 363 g/mol. The summed E-state index contributed by atoms with van der Waals surface area (Å²) >= 11 is 2.32. The van der Waals surface area contributed by atoms with Gasteiger partial charge in [0, 0.05) is 21.4 Å². The molecule has 2 aromatic carbocycles. The van der Waals surface area contributed by atoms with Crippen LogP contribution in [0.25, 0.3) is 0 Å². The molecule has 3 heteroatoms. The zero-order chi connectivity index (χ0) is 13.4. The first-order valence-corrected chi connectivity index (χ1v) is 7.41. The van der Waals surface area contributed by atoms with Crippen molar-refractivity contribution < 1.29 is 4.79 Å². The molecule has 2 nitrogen and oxygen atoms in total. The van der Waals surface area contributed by atoms with Crippen LogP contribution in [0.15, 0.2) is 42.5 Å². The van der Waals surface area contributed by atoms with Gasteiger partial charge in [-0.3, -0.25) is 4.79 Å². The smallest absolute Gasteiger partial charge is 0.258 e. The standard InChI is InChI=1S/C16H14INO/c1-11-14(17)7-4-8-15(11)18-10-9-12-5-2-3-6-13(12)16(18)19/h2-8H,9-10H2,1H3. The summed E-state index contributed by atoms with van der Waals surface area (Å²) in [6.07, 6.45) is 0.923. The molecule has 2 aromatic rings. The van der Waals surface area contributed by atoms with Crippen LogP contribution in [0.4, 0.5) is 5.69 Å². The third-order valence-corrected chi connectivity index (χ3v) is 4.80. The highest BCUT2D eigenvalue weighted by Gasteiger charge is 2.26. The second-order valence-electron chi connectivity index (χ2n) is 4.75. The topological polar surface area (TPSA) is 20.3 Å². The average Bonchev–Trinajstić information content (AvgIpc) is 2.43. The Morgan fingerprint density at radius 1 is 1.11 bits per heavy atom. The van der Waals surface area contributed by atoms with Crippen molar-refractivity contribution in [1.82, 2.24) is 0 Å². The van der Waals surface area contributed by atoms with Crippen molar-refractivity contribution in [2.45, 2.75) is 13.3 Å². The van der Waals surface area contributed by atoms with E-state index >= 15 is 0 Å². The first kappa shape index (κ1) is 12.7. The van der Waals surface area contributed by atoms with Gasteiger partial charge in [-0.1, -0.05) is 24.3 Å². The van der Waals surface area contributed by atoms with Crippen molar-refractivity contribution in [1.29, 1.82) is 0 Å². The van der Waals surface area contributed by atoms with Crippen LogP contribution in [-0.4, -0.2) is 12.5 Å². The van der Waals surface area contributed by atoms with Gasteiger partial charge in [-0.15, -0.1) is 0 Å². The normalized spacial score (nSPS) is 14.4. The number of nitrogens with zero attached hydrogens (tertiary/aromatic N) is 1. The zero-order valence-corrected chi connectivity index (χ0v) is 12.8. The van der Waals surface area contributed by atoms with E-state index in [9.17, 15) is 4.79 Å². The largest absolute Gasteiger partial charge is 0.308 e. The number of rotatable bonds is 1. The molecule has 0 N–H and O–H groups in total. The van der Waals surface area contributed by atoms with Gasteiger partial charge in [0.25, 0.3) is 5.91 Å². The third-order valence-electron chi connectivity index (χ3n) is 3.63. The summed E-state index contributed by atoms with van der Waals surface area (Å²) in [6, 6.07) is 14.0. The van der Waals surface area contributed by atoms with Crippen molar-refractivity contribution in [3.8, 4) is 0 Å². The first-order chi connectivity index (χ1) is 9.18. The van der Waals surface area contributed by atoms with Crippen LogP contribution < -0.4 is 4.90 Å². The van der Waals surface area contributed by atoms with Crippen LogP contribution in [0.3, 0.4) is 0 Å². The highest BCUT2D eigenvalue weighted by Crippen LogP contribution is 2.29. The van der Waals surface area contributed by atoms with Gasteiger partial charge in [-0.25, -0.2) is 0 Å². The number of carbonyl (C=O) groups is 1. The van der Waals surface area contributed by atoms with Gasteiger partial charge in [0.05, 0.1) is 0 Å². The number of hydrogen-bond donors (Lipinski definition) is 0. The Bertz CT molecular complexity index is 651. The second-order valence-corrected chi connectivity index (χ2v) is 5.91. The molecule has 3 rings (SSSR count). The summed E-state index contributed by atoms with van der Waals surface area (Å²) in [5.41, 5.74) is 4.21. The van der Waals surface area contributed by atoms with Gasteiger partial charge < -0.3 is 4.90 Å². The van der Waals surface area contributed by atoms with E-state index in [4.69, 9.17) is 0 Å². The Hall–Kier alpha value is -1.36. The zero-order valence-electron chi connectivity index (χ0n) is 10.7. The molecular weight excluding hydrogens is 349 g/mol. The van der Waals surface area contributed by atoms with Crippen LogP contribution >= 0.6 is 22.6 Å². The van der Waals surface area contributed by atoms with E-state index in [0.29, 0.717) is 0 Å². The maximum absolute atomic E-state index is 12.6. The van der Waals surface area contributed by atoms with E-state index in [1.54, 1.807) is 0 Å². The van der Waals surface area contributed by atoms with Crippen molar-refractivity contribution in [3.05, 3.63) is 62.7 Å². The number of carbonyl (C=O) groups excluding carboxylic acids is 1. The number of amides is 1. The molecule has 1 aliphatic heterocycles. The SMILES string of the molecule is Cc1c(I)cccc1N1CCc2ccccc2C1=O. The van der Waals surface area contributed by atoms with Gasteiger partial charge in [-0.2, -0.15) is 0 Å². The van der Waals surface area contributed by atoms with E-state index in [-0.39, 0.29) is 5.91 Å². The Morgan fingerprint density at radius 3 is 2.74 bits per heavy atom. The first-order valence-electron chi connectivity index (χ1n) is 6.33. The molecular formula is C16H14INO. The molecule has 0 aliphatic carbocycles. The monoisotopic (exact) mass is 363 g/mol. The molecule has 1 aliphatic rings. The maximum Gasteiger partial charge on any atom is 0.258 e. The fraction of sp³-hybridized carbons (Fsp3) is 0.188. The summed E-state index contributed by atoms with van der Waals surface area (Å²) in [6.45, 7) is 2.83. The van der Waals surface area contributed by atoms with Gasteiger partial charge in [-0.05, 0) is 65.3 Å². The molecule has 19 heavy (non-hydrogen) atoms. The lowest BCUT2D eigenvalue weighted by Crippen LogP contribution is -2.38. The quantitative estimate of drug-likeness (QED) is 0.706. The molecule has 0 radical (unpaired) electrons. The molecule has 0 atom stereocenters. The second kappa shape index (κ2) is 4.96. The lowest BCUT2D eigenvalue weighted by Gasteiger charge is -2.30. The molecule has 1 amide bonds. The fourth-order valence-corrected chi connectivity index (χ4v) is 3.03. The molecule has 0 bridgehead atoms. The molecule has 1 heterocycles. The van der Waals surface area contributed by atoms with Crippen LogP contribution in [0.2, 0.25) is 0 Å². The molecule has 0 fully saturated rings. The highest BCUT2D eigenvalue weighted by molar-refractivity contribution is 14.1. The predicted octanol–water partition coefficient (Wildman–Crippen LogP) is 3.80. The maximum atomic E-state index is 12.6. The molecule has 0 unspecified atom stereocenters. The molecule has 0 saturated heterocycles. The van der Waals surface area contributed by atoms with Gasteiger partial charge in [0.15, 0.2) is 0 Å².